The molecule has 1 aromatic carbocycles. The van der Waals surface area contributed by atoms with E-state index in [4.69, 9.17) is 4.74 Å². The van der Waals surface area contributed by atoms with Crippen molar-refractivity contribution in [3.05, 3.63) is 40.1 Å². The molecule has 0 aromatic heterocycles. The lowest BCUT2D eigenvalue weighted by molar-refractivity contribution is -0.145. The molecule has 4 heteroatoms. The molecule has 0 saturated heterocycles. The van der Waals surface area contributed by atoms with E-state index in [0.29, 0.717) is 12.0 Å². The maximum Gasteiger partial charge on any atom is 0.343 e. The standard InChI is InChI=1S/C13H13BrO3/c1-3-13(2)11(15)10(12(16)17-13)8-5-4-6-9(14)7-8/h4-7,15H,3H2,1-2H3. The van der Waals surface area contributed by atoms with E-state index in [1.165, 1.54) is 0 Å². The third-order valence-corrected chi connectivity index (χ3v) is 3.54. The number of esters is 1. The molecule has 90 valence electrons. The second kappa shape index (κ2) is 4.18. The van der Waals surface area contributed by atoms with E-state index in [0.717, 1.165) is 4.47 Å². The van der Waals surface area contributed by atoms with Gasteiger partial charge in [0.25, 0.3) is 0 Å². The topological polar surface area (TPSA) is 46.5 Å². The fourth-order valence-corrected chi connectivity index (χ4v) is 2.20. The number of halogens is 1. The van der Waals surface area contributed by atoms with E-state index in [-0.39, 0.29) is 11.3 Å². The lowest BCUT2D eigenvalue weighted by Gasteiger charge is -2.20. The molecule has 1 aliphatic heterocycles. The van der Waals surface area contributed by atoms with Crippen LogP contribution in [0.15, 0.2) is 34.5 Å². The van der Waals surface area contributed by atoms with Crippen LogP contribution in [0.2, 0.25) is 0 Å². The van der Waals surface area contributed by atoms with Crippen molar-refractivity contribution >= 4 is 27.5 Å². The molecular weight excluding hydrogens is 284 g/mol. The third-order valence-electron chi connectivity index (χ3n) is 3.05. The first kappa shape index (κ1) is 12.2. The highest BCUT2D eigenvalue weighted by Gasteiger charge is 2.43. The van der Waals surface area contributed by atoms with Gasteiger partial charge in [0.05, 0.1) is 0 Å². The van der Waals surface area contributed by atoms with Crippen LogP contribution in [0.1, 0.15) is 25.8 Å². The Bertz CT molecular complexity index is 507. The predicted molar refractivity (Wildman–Crippen MR) is 68.5 cm³/mol. The number of hydrogen-bond acceptors (Lipinski definition) is 3. The highest BCUT2D eigenvalue weighted by Crippen LogP contribution is 2.38. The molecule has 0 saturated carbocycles. The minimum atomic E-state index is -0.894. The molecule has 0 bridgehead atoms. The molecule has 1 unspecified atom stereocenters. The summed E-state index contributed by atoms with van der Waals surface area (Å²) in [5.41, 5.74) is 0.0315. The molecule has 17 heavy (non-hydrogen) atoms. The second-order valence-electron chi connectivity index (χ2n) is 4.21. The van der Waals surface area contributed by atoms with Crippen LogP contribution in [0.3, 0.4) is 0 Å². The number of carbonyl (C=O) groups is 1. The number of aliphatic hydroxyl groups is 1. The minimum absolute atomic E-state index is 0.0168. The highest BCUT2D eigenvalue weighted by atomic mass is 79.9. The lowest BCUT2D eigenvalue weighted by atomic mass is 9.96. The van der Waals surface area contributed by atoms with E-state index < -0.39 is 11.6 Å². The summed E-state index contributed by atoms with van der Waals surface area (Å²) in [5, 5.41) is 10.1. The lowest BCUT2D eigenvalue weighted by Crippen LogP contribution is -2.26. The van der Waals surface area contributed by atoms with Crippen LogP contribution in [-0.4, -0.2) is 16.7 Å². The monoisotopic (exact) mass is 296 g/mol. The summed E-state index contributed by atoms with van der Waals surface area (Å²) < 4.78 is 6.09. The first-order chi connectivity index (χ1) is 7.98. The van der Waals surface area contributed by atoms with Crippen molar-refractivity contribution < 1.29 is 14.6 Å². The van der Waals surface area contributed by atoms with Crippen LogP contribution in [0.4, 0.5) is 0 Å². The van der Waals surface area contributed by atoms with Gasteiger partial charge in [-0.1, -0.05) is 35.0 Å². The van der Waals surface area contributed by atoms with Crippen LogP contribution in [0.25, 0.3) is 5.57 Å². The quantitative estimate of drug-likeness (QED) is 0.851. The molecule has 1 atom stereocenters. The van der Waals surface area contributed by atoms with E-state index >= 15 is 0 Å². The molecule has 2 rings (SSSR count). The Morgan fingerprint density at radius 2 is 2.18 bits per heavy atom. The zero-order chi connectivity index (χ0) is 12.6. The second-order valence-corrected chi connectivity index (χ2v) is 5.12. The molecule has 3 nitrogen and oxygen atoms in total. The molecule has 1 N–H and O–H groups in total. The normalized spacial score (nSPS) is 24.1. The zero-order valence-electron chi connectivity index (χ0n) is 9.66. The van der Waals surface area contributed by atoms with Crippen molar-refractivity contribution in [2.45, 2.75) is 25.9 Å². The highest BCUT2D eigenvalue weighted by molar-refractivity contribution is 9.10. The summed E-state index contributed by atoms with van der Waals surface area (Å²) in [7, 11) is 0. The number of rotatable bonds is 2. The molecule has 1 aromatic rings. The van der Waals surface area contributed by atoms with Crippen molar-refractivity contribution in [2.24, 2.45) is 0 Å². The predicted octanol–water partition coefficient (Wildman–Crippen LogP) is 3.44. The molecule has 0 aliphatic carbocycles. The van der Waals surface area contributed by atoms with Crippen molar-refractivity contribution in [1.82, 2.24) is 0 Å². The van der Waals surface area contributed by atoms with Gasteiger partial charge in [0.2, 0.25) is 0 Å². The van der Waals surface area contributed by atoms with Gasteiger partial charge in [-0.3, -0.25) is 0 Å². The van der Waals surface area contributed by atoms with Crippen LogP contribution < -0.4 is 0 Å². The van der Waals surface area contributed by atoms with Gasteiger partial charge in [-0.25, -0.2) is 4.79 Å². The van der Waals surface area contributed by atoms with Crippen LogP contribution in [0, 0.1) is 0 Å². The van der Waals surface area contributed by atoms with Crippen molar-refractivity contribution in [2.75, 3.05) is 0 Å². The van der Waals surface area contributed by atoms with Gasteiger partial charge >= 0.3 is 5.97 Å². The van der Waals surface area contributed by atoms with Crippen LogP contribution in [-0.2, 0) is 9.53 Å². The van der Waals surface area contributed by atoms with E-state index in [9.17, 15) is 9.90 Å². The van der Waals surface area contributed by atoms with E-state index in [1.807, 2.05) is 19.1 Å². The fourth-order valence-electron chi connectivity index (χ4n) is 1.80. The third kappa shape index (κ3) is 1.97. The van der Waals surface area contributed by atoms with Gasteiger partial charge in [0.1, 0.15) is 5.57 Å². The molecule has 1 heterocycles. The minimum Gasteiger partial charge on any atom is -0.507 e. The van der Waals surface area contributed by atoms with Crippen LogP contribution in [0.5, 0.6) is 0 Å². The Balaban J connectivity index is 2.55. The van der Waals surface area contributed by atoms with Crippen molar-refractivity contribution in [3.8, 4) is 0 Å². The number of aliphatic hydroxyl groups excluding tert-OH is 1. The number of ether oxygens (including phenoxy) is 1. The zero-order valence-corrected chi connectivity index (χ0v) is 11.2. The summed E-state index contributed by atoms with van der Waals surface area (Å²) in [6.07, 6.45) is 0.544. The number of hydrogen-bond donors (Lipinski definition) is 1. The maximum absolute atomic E-state index is 11.8. The molecule has 0 spiro atoms. The Labute approximate surface area is 108 Å². The SMILES string of the molecule is CCC1(C)OC(=O)C(c2cccc(Br)c2)=C1O. The van der Waals surface area contributed by atoms with Gasteiger partial charge in [-0.15, -0.1) is 0 Å². The first-order valence-corrected chi connectivity index (χ1v) is 6.20. The molecule has 1 aliphatic rings. The van der Waals surface area contributed by atoms with Crippen molar-refractivity contribution in [1.29, 1.82) is 0 Å². The number of cyclic esters (lactones) is 1. The van der Waals surface area contributed by atoms with Gasteiger partial charge in [0, 0.05) is 4.47 Å². The Kier molecular flexibility index (Phi) is 3.00. The smallest absolute Gasteiger partial charge is 0.343 e. The largest absolute Gasteiger partial charge is 0.507 e. The van der Waals surface area contributed by atoms with Gasteiger partial charge in [-0.2, -0.15) is 0 Å². The maximum atomic E-state index is 11.8. The molecule has 0 amide bonds. The van der Waals surface area contributed by atoms with E-state index in [1.54, 1.807) is 19.1 Å². The van der Waals surface area contributed by atoms with Gasteiger partial charge < -0.3 is 9.84 Å². The molecular formula is C13H13BrO3. The van der Waals surface area contributed by atoms with E-state index in [2.05, 4.69) is 15.9 Å². The Morgan fingerprint density at radius 3 is 2.71 bits per heavy atom. The number of benzene rings is 1. The molecule has 0 radical (unpaired) electrons. The van der Waals surface area contributed by atoms with Crippen molar-refractivity contribution in [3.63, 3.8) is 0 Å². The summed E-state index contributed by atoms with van der Waals surface area (Å²) in [5.74, 6) is -0.451. The first-order valence-electron chi connectivity index (χ1n) is 5.41. The van der Waals surface area contributed by atoms with Crippen LogP contribution >= 0.6 is 15.9 Å². The average molecular weight is 297 g/mol. The summed E-state index contributed by atoms with van der Waals surface area (Å²) >= 11 is 3.34. The Hall–Kier alpha value is -1.29. The Morgan fingerprint density at radius 1 is 1.47 bits per heavy atom. The summed E-state index contributed by atoms with van der Waals surface area (Å²) in [4.78, 5) is 11.8. The van der Waals surface area contributed by atoms with Gasteiger partial charge in [-0.05, 0) is 31.0 Å². The average Bonchev–Trinajstić information content (AvgIpc) is 2.50. The fraction of sp³-hybridized carbons (Fsp3) is 0.308. The summed E-state index contributed by atoms with van der Waals surface area (Å²) in [6, 6.07) is 7.24. The molecule has 0 fully saturated rings. The van der Waals surface area contributed by atoms with Gasteiger partial charge in [0.15, 0.2) is 11.4 Å². The number of carbonyl (C=O) groups excluding carboxylic acids is 1. The summed E-state index contributed by atoms with van der Waals surface area (Å²) in [6.45, 7) is 3.58.